The van der Waals surface area contributed by atoms with Gasteiger partial charge in [0.2, 0.25) is 5.13 Å². The molecule has 1 aliphatic heterocycles. The molecule has 4 aromatic rings. The maximum Gasteiger partial charge on any atom is 0.266 e. The van der Waals surface area contributed by atoms with Gasteiger partial charge in [0.15, 0.2) is 0 Å². The van der Waals surface area contributed by atoms with Crippen molar-refractivity contribution in [2.45, 2.75) is 71.3 Å². The molecule has 1 aliphatic rings. The summed E-state index contributed by atoms with van der Waals surface area (Å²) in [6.45, 7) is 9.67. The molecular formula is C34H38N6O2S2. The third-order valence-corrected chi connectivity index (χ3v) is 9.99. The van der Waals surface area contributed by atoms with Crippen LogP contribution < -0.4 is 15.0 Å². The van der Waals surface area contributed by atoms with Gasteiger partial charge in [-0.2, -0.15) is 5.26 Å². The number of carbonyl (C=O) groups is 1. The summed E-state index contributed by atoms with van der Waals surface area (Å²) in [5, 5.41) is 21.9. The van der Waals surface area contributed by atoms with Crippen LogP contribution in [0, 0.1) is 11.3 Å². The number of aromatic nitrogens is 1. The average molecular weight is 627 g/mol. The Morgan fingerprint density at radius 3 is 2.68 bits per heavy atom. The lowest BCUT2D eigenvalue weighted by Gasteiger charge is -2.45. The minimum atomic E-state index is -0.464. The minimum Gasteiger partial charge on any atom is -0.494 e. The van der Waals surface area contributed by atoms with Crippen LogP contribution in [-0.4, -0.2) is 30.1 Å². The smallest absolute Gasteiger partial charge is 0.266 e. The third-order valence-electron chi connectivity index (χ3n) is 8.00. The number of unbranched alkanes of at least 4 members (excludes halogenated alkanes) is 3. The number of fused-ring (bicyclic) bond motifs is 2. The summed E-state index contributed by atoms with van der Waals surface area (Å²) in [4.78, 5) is 21.3. The van der Waals surface area contributed by atoms with E-state index in [1.807, 2.05) is 30.3 Å². The molecule has 228 valence electrons. The number of azo groups is 1. The monoisotopic (exact) mass is 626 g/mol. The Morgan fingerprint density at radius 2 is 1.95 bits per heavy atom. The first-order valence-corrected chi connectivity index (χ1v) is 16.7. The van der Waals surface area contributed by atoms with Crippen LogP contribution in [0.15, 0.2) is 64.3 Å². The van der Waals surface area contributed by atoms with Crippen LogP contribution in [-0.2, 0) is 4.79 Å². The van der Waals surface area contributed by atoms with Crippen molar-refractivity contribution in [1.29, 1.82) is 5.26 Å². The number of hydrogen-bond acceptors (Lipinski definition) is 9. The minimum absolute atomic E-state index is 0.0192. The van der Waals surface area contributed by atoms with Crippen LogP contribution in [0.5, 0.6) is 5.75 Å². The summed E-state index contributed by atoms with van der Waals surface area (Å²) >= 11 is 2.84. The van der Waals surface area contributed by atoms with Gasteiger partial charge in [0.25, 0.3) is 5.91 Å². The van der Waals surface area contributed by atoms with Crippen molar-refractivity contribution >= 4 is 66.4 Å². The normalized spacial score (nSPS) is 16.2. The first kappa shape index (κ1) is 31.4. The molecule has 1 N–H and O–H groups in total. The van der Waals surface area contributed by atoms with Crippen molar-refractivity contribution in [3.05, 3.63) is 64.5 Å². The largest absolute Gasteiger partial charge is 0.494 e. The van der Waals surface area contributed by atoms with Crippen LogP contribution in [0.2, 0.25) is 0 Å². The molecule has 1 atom stereocenters. The molecule has 0 bridgehead atoms. The van der Waals surface area contributed by atoms with Gasteiger partial charge < -0.3 is 15.0 Å². The van der Waals surface area contributed by atoms with Gasteiger partial charge in [0, 0.05) is 28.8 Å². The molecule has 2 aromatic heterocycles. The van der Waals surface area contributed by atoms with E-state index in [0.29, 0.717) is 23.3 Å². The highest BCUT2D eigenvalue weighted by atomic mass is 32.1. The summed E-state index contributed by atoms with van der Waals surface area (Å²) in [7, 11) is 2.15. The van der Waals surface area contributed by atoms with Gasteiger partial charge in [0.05, 0.1) is 17.0 Å². The van der Waals surface area contributed by atoms with Crippen molar-refractivity contribution in [2.75, 3.05) is 23.9 Å². The highest BCUT2D eigenvalue weighted by molar-refractivity contribution is 7.29. The third kappa shape index (κ3) is 7.34. The number of hydrogen-bond donors (Lipinski definition) is 1. The Labute approximate surface area is 267 Å². The Bertz CT molecular complexity index is 1700. The zero-order chi connectivity index (χ0) is 31.3. The van der Waals surface area contributed by atoms with Gasteiger partial charge in [-0.05, 0) is 92.8 Å². The van der Waals surface area contributed by atoms with E-state index < -0.39 is 5.91 Å². The topological polar surface area (TPSA) is 103 Å². The molecule has 0 spiro atoms. The maximum atomic E-state index is 12.8. The van der Waals surface area contributed by atoms with E-state index in [1.165, 1.54) is 46.8 Å². The number of nitrogens with one attached hydrogen (secondary N) is 1. The number of ether oxygens (including phenoxy) is 1. The molecule has 1 amide bonds. The molecule has 44 heavy (non-hydrogen) atoms. The SMILES string of the molecule is CCCCCCOc1ccc(NC(=O)/C(C#N)=C/c2cc3sc(N=Nc4ccc5c(c4)C(C)CC(C)(C)N5C)nc3s2)cc1. The number of thiophene rings is 1. The molecule has 1 unspecified atom stereocenters. The number of nitriles is 1. The standard InChI is InChI=1S/C34H38N6O2S2/c1-6-7-8-9-16-42-26-13-10-24(11-14-26)36-31(41)23(21-35)17-27-19-30-32(43-27)37-33(44-30)39-38-25-12-15-29-28(18-25)22(2)20-34(3,4)40(29)5/h10-15,17-19,22H,6-9,16,20H2,1-5H3,(H,36,41)/b23-17+,39-38?. The Morgan fingerprint density at radius 1 is 1.16 bits per heavy atom. The van der Waals surface area contributed by atoms with Gasteiger partial charge in [-0.1, -0.05) is 44.4 Å². The van der Waals surface area contributed by atoms with E-state index in [0.717, 1.165) is 45.1 Å². The first-order chi connectivity index (χ1) is 21.2. The number of nitrogens with zero attached hydrogens (tertiary/aromatic N) is 5. The van der Waals surface area contributed by atoms with E-state index in [1.54, 1.807) is 18.2 Å². The number of anilines is 2. The first-order valence-electron chi connectivity index (χ1n) is 15.0. The van der Waals surface area contributed by atoms with Gasteiger partial charge >= 0.3 is 0 Å². The summed E-state index contributed by atoms with van der Waals surface area (Å²) in [6.07, 6.45) is 7.25. The Kier molecular flexibility index (Phi) is 9.77. The molecule has 0 saturated heterocycles. The molecule has 8 nitrogen and oxygen atoms in total. The molecule has 0 saturated carbocycles. The van der Waals surface area contributed by atoms with Crippen molar-refractivity contribution in [2.24, 2.45) is 10.2 Å². The zero-order valence-corrected chi connectivity index (χ0v) is 27.5. The second-order valence-electron chi connectivity index (χ2n) is 11.8. The van der Waals surface area contributed by atoms with Gasteiger partial charge in [-0.3, -0.25) is 4.79 Å². The van der Waals surface area contributed by atoms with Crippen molar-refractivity contribution in [3.8, 4) is 11.8 Å². The quantitative estimate of drug-likeness (QED) is 0.0772. The van der Waals surface area contributed by atoms with Gasteiger partial charge in [-0.15, -0.1) is 21.6 Å². The van der Waals surface area contributed by atoms with E-state index in [4.69, 9.17) is 4.74 Å². The zero-order valence-electron chi connectivity index (χ0n) is 25.9. The molecular weight excluding hydrogens is 589 g/mol. The van der Waals surface area contributed by atoms with Crippen LogP contribution in [0.25, 0.3) is 15.6 Å². The maximum absolute atomic E-state index is 12.8. The molecule has 0 fully saturated rings. The van der Waals surface area contributed by atoms with Crippen molar-refractivity contribution in [1.82, 2.24) is 4.98 Å². The van der Waals surface area contributed by atoms with Gasteiger partial charge in [0.1, 0.15) is 22.2 Å². The lowest BCUT2D eigenvalue weighted by atomic mass is 9.80. The fourth-order valence-electron chi connectivity index (χ4n) is 5.42. The van der Waals surface area contributed by atoms with Crippen LogP contribution in [0.3, 0.4) is 0 Å². The van der Waals surface area contributed by atoms with Crippen LogP contribution >= 0.6 is 22.7 Å². The number of rotatable bonds is 11. The molecule has 2 aromatic carbocycles. The second-order valence-corrected chi connectivity index (χ2v) is 13.9. The second kappa shape index (κ2) is 13.7. The summed E-state index contributed by atoms with van der Waals surface area (Å²) < 4.78 is 6.70. The average Bonchev–Trinajstić information content (AvgIpc) is 3.56. The molecule has 3 heterocycles. The van der Waals surface area contributed by atoms with Crippen LogP contribution in [0.1, 0.15) is 76.2 Å². The van der Waals surface area contributed by atoms with Crippen molar-refractivity contribution < 1.29 is 9.53 Å². The van der Waals surface area contributed by atoms with Crippen molar-refractivity contribution in [3.63, 3.8) is 0 Å². The number of amides is 1. The summed E-state index contributed by atoms with van der Waals surface area (Å²) in [5.41, 5.74) is 4.07. The van der Waals surface area contributed by atoms with E-state index >= 15 is 0 Å². The van der Waals surface area contributed by atoms with Gasteiger partial charge in [-0.25, -0.2) is 4.98 Å². The highest BCUT2D eigenvalue weighted by Gasteiger charge is 2.34. The highest BCUT2D eigenvalue weighted by Crippen LogP contribution is 2.44. The Hall–Kier alpha value is -4.07. The predicted molar refractivity (Wildman–Crippen MR) is 182 cm³/mol. The molecule has 10 heteroatoms. The fraction of sp³-hybridized carbons (Fsp3) is 0.382. The van der Waals surface area contributed by atoms with Crippen LogP contribution in [0.4, 0.5) is 22.2 Å². The van der Waals surface area contributed by atoms with E-state index in [9.17, 15) is 10.1 Å². The summed E-state index contributed by atoms with van der Waals surface area (Å²) in [6, 6.07) is 17.4. The van der Waals surface area contributed by atoms with E-state index in [2.05, 4.69) is 72.3 Å². The number of thiazole rings is 1. The molecule has 5 rings (SSSR count). The molecule has 0 aliphatic carbocycles. The number of carbonyl (C=O) groups excluding carboxylic acids is 1. The number of benzene rings is 2. The Balaban J connectivity index is 1.21. The summed E-state index contributed by atoms with van der Waals surface area (Å²) in [5.74, 6) is 0.734. The predicted octanol–water partition coefficient (Wildman–Crippen LogP) is 10.00. The molecule has 0 radical (unpaired) electrons. The lowest BCUT2D eigenvalue weighted by molar-refractivity contribution is -0.112. The van der Waals surface area contributed by atoms with E-state index in [-0.39, 0.29) is 11.1 Å². The lowest BCUT2D eigenvalue weighted by Crippen LogP contribution is -2.45. The fourth-order valence-corrected chi connectivity index (χ4v) is 7.41.